The first-order chi connectivity index (χ1) is 10.7. The normalized spacial score (nSPS) is 10.4. The van der Waals surface area contributed by atoms with Crippen LogP contribution in [0.4, 0.5) is 0 Å². The van der Waals surface area contributed by atoms with Crippen LogP contribution in [0.25, 0.3) is 12.2 Å². The van der Waals surface area contributed by atoms with E-state index in [1.54, 1.807) is 43.5 Å². The second-order valence-electron chi connectivity index (χ2n) is 4.29. The summed E-state index contributed by atoms with van der Waals surface area (Å²) in [6.07, 6.45) is 6.86. The standard InChI is InChI=1S/C16H15N3O3/c1-2-18-15(20)16(21)22-14-7-4-12(5-8-14)3-6-13-9-10-17-11-19-13/h3-11H,2H2,1H3,(H,18,20). The average molecular weight is 297 g/mol. The van der Waals surface area contributed by atoms with Crippen LogP contribution in [0.15, 0.2) is 42.9 Å². The van der Waals surface area contributed by atoms with Crippen molar-refractivity contribution >= 4 is 24.0 Å². The number of aromatic nitrogens is 2. The van der Waals surface area contributed by atoms with Crippen molar-refractivity contribution in [1.82, 2.24) is 15.3 Å². The molecule has 6 heteroatoms. The van der Waals surface area contributed by atoms with Crippen LogP contribution < -0.4 is 10.1 Å². The molecule has 0 saturated heterocycles. The van der Waals surface area contributed by atoms with E-state index in [0.717, 1.165) is 11.3 Å². The zero-order valence-electron chi connectivity index (χ0n) is 12.0. The van der Waals surface area contributed by atoms with E-state index in [2.05, 4.69) is 15.3 Å². The van der Waals surface area contributed by atoms with Crippen molar-refractivity contribution in [3.8, 4) is 5.75 Å². The van der Waals surface area contributed by atoms with Crippen molar-refractivity contribution in [3.63, 3.8) is 0 Å². The molecule has 1 aromatic heterocycles. The van der Waals surface area contributed by atoms with Crippen LogP contribution in [0.1, 0.15) is 18.2 Å². The zero-order chi connectivity index (χ0) is 15.8. The number of ether oxygens (including phenoxy) is 1. The molecule has 0 unspecified atom stereocenters. The average Bonchev–Trinajstić information content (AvgIpc) is 2.55. The summed E-state index contributed by atoms with van der Waals surface area (Å²) in [7, 11) is 0. The van der Waals surface area contributed by atoms with Gasteiger partial charge in [0.15, 0.2) is 0 Å². The molecule has 22 heavy (non-hydrogen) atoms. The molecule has 2 rings (SSSR count). The number of carbonyl (C=O) groups excluding carboxylic acids is 2. The number of nitrogens with one attached hydrogen (secondary N) is 1. The van der Waals surface area contributed by atoms with E-state index in [4.69, 9.17) is 4.74 Å². The second kappa shape index (κ2) is 7.68. The fraction of sp³-hybridized carbons (Fsp3) is 0.125. The molecule has 0 radical (unpaired) electrons. The number of hydrogen-bond acceptors (Lipinski definition) is 5. The van der Waals surface area contributed by atoms with Crippen molar-refractivity contribution in [1.29, 1.82) is 0 Å². The minimum absolute atomic E-state index is 0.315. The zero-order valence-corrected chi connectivity index (χ0v) is 12.0. The largest absolute Gasteiger partial charge is 0.419 e. The molecular weight excluding hydrogens is 282 g/mol. The van der Waals surface area contributed by atoms with Gasteiger partial charge in [-0.3, -0.25) is 4.79 Å². The number of rotatable bonds is 4. The van der Waals surface area contributed by atoms with Gasteiger partial charge in [0.25, 0.3) is 0 Å². The van der Waals surface area contributed by atoms with E-state index in [1.165, 1.54) is 6.33 Å². The maximum absolute atomic E-state index is 11.4. The lowest BCUT2D eigenvalue weighted by atomic mass is 10.2. The molecule has 112 valence electrons. The highest BCUT2D eigenvalue weighted by molar-refractivity contribution is 6.33. The van der Waals surface area contributed by atoms with Gasteiger partial charge in [-0.05, 0) is 36.8 Å². The number of nitrogens with zero attached hydrogens (tertiary/aromatic N) is 2. The van der Waals surface area contributed by atoms with Crippen LogP contribution in [0.2, 0.25) is 0 Å². The third-order valence-corrected chi connectivity index (χ3v) is 2.66. The van der Waals surface area contributed by atoms with Crippen molar-refractivity contribution in [2.24, 2.45) is 0 Å². The Morgan fingerprint density at radius 3 is 2.59 bits per heavy atom. The lowest BCUT2D eigenvalue weighted by Crippen LogP contribution is -2.33. The molecule has 0 bridgehead atoms. The maximum atomic E-state index is 11.4. The summed E-state index contributed by atoms with van der Waals surface area (Å²) in [5, 5.41) is 2.38. The quantitative estimate of drug-likeness (QED) is 0.527. The van der Waals surface area contributed by atoms with E-state index < -0.39 is 11.9 Å². The van der Waals surface area contributed by atoms with Gasteiger partial charge in [-0.15, -0.1) is 0 Å². The van der Waals surface area contributed by atoms with Crippen molar-refractivity contribution in [2.45, 2.75) is 6.92 Å². The van der Waals surface area contributed by atoms with Gasteiger partial charge in [0.1, 0.15) is 12.1 Å². The smallest absolute Gasteiger partial charge is 0.402 e. The van der Waals surface area contributed by atoms with E-state index >= 15 is 0 Å². The molecule has 0 aliphatic carbocycles. The lowest BCUT2D eigenvalue weighted by Gasteiger charge is -2.04. The van der Waals surface area contributed by atoms with Crippen LogP contribution in [0, 0.1) is 0 Å². The molecule has 0 aliphatic heterocycles. The molecule has 0 saturated carbocycles. The van der Waals surface area contributed by atoms with Gasteiger partial charge in [-0.25, -0.2) is 14.8 Å². The Morgan fingerprint density at radius 1 is 1.18 bits per heavy atom. The van der Waals surface area contributed by atoms with E-state index in [0.29, 0.717) is 12.3 Å². The fourth-order valence-electron chi connectivity index (χ4n) is 1.61. The van der Waals surface area contributed by atoms with Gasteiger partial charge in [0, 0.05) is 12.7 Å². The summed E-state index contributed by atoms with van der Waals surface area (Å²) in [4.78, 5) is 30.6. The Balaban J connectivity index is 1.97. The molecule has 1 N–H and O–H groups in total. The third kappa shape index (κ3) is 4.52. The topological polar surface area (TPSA) is 81.2 Å². The third-order valence-electron chi connectivity index (χ3n) is 2.66. The Kier molecular flexibility index (Phi) is 5.37. The first-order valence-corrected chi connectivity index (χ1v) is 6.73. The molecule has 0 spiro atoms. The number of carbonyl (C=O) groups is 2. The summed E-state index contributed by atoms with van der Waals surface area (Å²) >= 11 is 0. The highest BCUT2D eigenvalue weighted by Gasteiger charge is 2.14. The van der Waals surface area contributed by atoms with Gasteiger partial charge in [0.05, 0.1) is 5.69 Å². The van der Waals surface area contributed by atoms with Crippen LogP contribution in [0.3, 0.4) is 0 Å². The summed E-state index contributed by atoms with van der Waals surface area (Å²) < 4.78 is 4.95. The van der Waals surface area contributed by atoms with E-state index in [-0.39, 0.29) is 0 Å². The Labute approximate surface area is 127 Å². The molecular formula is C16H15N3O3. The molecule has 1 aromatic carbocycles. The second-order valence-corrected chi connectivity index (χ2v) is 4.29. The van der Waals surface area contributed by atoms with Gasteiger partial charge < -0.3 is 10.1 Å². The van der Waals surface area contributed by atoms with Gasteiger partial charge in [-0.2, -0.15) is 0 Å². The van der Waals surface area contributed by atoms with Crippen LogP contribution in [-0.2, 0) is 9.59 Å². The minimum atomic E-state index is -0.925. The van der Waals surface area contributed by atoms with E-state index in [9.17, 15) is 9.59 Å². The predicted octanol–water partition coefficient (Wildman–Crippen LogP) is 1.69. The number of esters is 1. The first kappa shape index (κ1) is 15.4. The molecule has 0 fully saturated rings. The summed E-state index contributed by atoms with van der Waals surface area (Å²) in [5.41, 5.74) is 1.71. The van der Waals surface area contributed by atoms with Gasteiger partial charge in [0.2, 0.25) is 0 Å². The Morgan fingerprint density at radius 2 is 1.95 bits per heavy atom. The lowest BCUT2D eigenvalue weighted by molar-refractivity contribution is -0.148. The van der Waals surface area contributed by atoms with Crippen molar-refractivity contribution < 1.29 is 14.3 Å². The molecule has 1 amide bonds. The van der Waals surface area contributed by atoms with E-state index in [1.807, 2.05) is 12.2 Å². The highest BCUT2D eigenvalue weighted by atomic mass is 16.5. The van der Waals surface area contributed by atoms with Gasteiger partial charge in [-0.1, -0.05) is 18.2 Å². The van der Waals surface area contributed by atoms with Crippen molar-refractivity contribution in [3.05, 3.63) is 54.1 Å². The van der Waals surface area contributed by atoms with Crippen LogP contribution in [-0.4, -0.2) is 28.4 Å². The number of likely N-dealkylation sites (N-methyl/N-ethyl adjacent to an activating group) is 1. The number of benzene rings is 1. The molecule has 0 aliphatic rings. The first-order valence-electron chi connectivity index (χ1n) is 6.73. The SMILES string of the molecule is CCNC(=O)C(=O)Oc1ccc(C=Cc2ccncn2)cc1. The van der Waals surface area contributed by atoms with Crippen LogP contribution in [0.5, 0.6) is 5.75 Å². The fourth-order valence-corrected chi connectivity index (χ4v) is 1.61. The van der Waals surface area contributed by atoms with Crippen molar-refractivity contribution in [2.75, 3.05) is 6.54 Å². The number of amides is 1. The Bertz CT molecular complexity index is 667. The maximum Gasteiger partial charge on any atom is 0.402 e. The van der Waals surface area contributed by atoms with Gasteiger partial charge >= 0.3 is 11.9 Å². The predicted molar refractivity (Wildman–Crippen MR) is 81.7 cm³/mol. The molecule has 0 atom stereocenters. The summed E-state index contributed by atoms with van der Waals surface area (Å²) in [6.45, 7) is 2.10. The summed E-state index contributed by atoms with van der Waals surface area (Å²) in [5.74, 6) is -1.36. The molecule has 2 aromatic rings. The summed E-state index contributed by atoms with van der Waals surface area (Å²) in [6, 6.07) is 8.59. The highest BCUT2D eigenvalue weighted by Crippen LogP contribution is 2.14. The molecule has 6 nitrogen and oxygen atoms in total. The Hall–Kier alpha value is -3.02. The minimum Gasteiger partial charge on any atom is -0.419 e. The van der Waals surface area contributed by atoms with Crippen LogP contribution >= 0.6 is 0 Å². The monoisotopic (exact) mass is 297 g/mol. The molecule has 1 heterocycles. The number of hydrogen-bond donors (Lipinski definition) is 1.